The molecule has 3 heteroatoms. The average molecular weight is 430 g/mol. The zero-order chi connectivity index (χ0) is 22.0. The van der Waals surface area contributed by atoms with Gasteiger partial charge in [-0.1, -0.05) is 41.0 Å². The van der Waals surface area contributed by atoms with E-state index in [-0.39, 0.29) is 5.72 Å². The van der Waals surface area contributed by atoms with E-state index in [4.69, 9.17) is 4.74 Å². The van der Waals surface area contributed by atoms with E-state index in [9.17, 15) is 4.79 Å². The number of carbonyl (C=O) groups excluding carboxylic acids is 1. The van der Waals surface area contributed by atoms with Gasteiger partial charge < -0.3 is 4.74 Å². The third-order valence-electron chi connectivity index (χ3n) is 11.7. The van der Waals surface area contributed by atoms with Crippen molar-refractivity contribution >= 4 is 5.78 Å². The van der Waals surface area contributed by atoms with Gasteiger partial charge in [0.15, 0.2) is 0 Å². The van der Waals surface area contributed by atoms with Crippen molar-refractivity contribution in [3.63, 3.8) is 0 Å². The fourth-order valence-electron chi connectivity index (χ4n) is 9.15. The van der Waals surface area contributed by atoms with Crippen LogP contribution in [0.25, 0.3) is 0 Å². The summed E-state index contributed by atoms with van der Waals surface area (Å²) in [6.45, 7) is 13.7. The lowest BCUT2D eigenvalue weighted by Gasteiger charge is -2.49. The lowest BCUT2D eigenvalue weighted by molar-refractivity contribution is -0.126. The minimum atomic E-state index is -0.0580. The van der Waals surface area contributed by atoms with Gasteiger partial charge in [-0.25, -0.2) is 0 Å². The van der Waals surface area contributed by atoms with Crippen molar-refractivity contribution < 1.29 is 9.53 Å². The van der Waals surface area contributed by atoms with Crippen LogP contribution in [0.2, 0.25) is 0 Å². The molecule has 5 aliphatic rings. The highest BCUT2D eigenvalue weighted by Gasteiger charge is 2.64. The Hall–Kier alpha value is -0.410. The maximum atomic E-state index is 12.3. The Kier molecular flexibility index (Phi) is 5.65. The zero-order valence-corrected chi connectivity index (χ0v) is 20.8. The van der Waals surface area contributed by atoms with Gasteiger partial charge in [-0.2, -0.15) is 0 Å². The smallest absolute Gasteiger partial charge is 0.133 e. The third kappa shape index (κ3) is 3.47. The topological polar surface area (TPSA) is 38.3 Å². The normalized spacial score (nSPS) is 55.5. The van der Waals surface area contributed by atoms with Crippen molar-refractivity contribution in [2.24, 2.45) is 46.3 Å². The van der Waals surface area contributed by atoms with Gasteiger partial charge in [-0.15, -0.1) is 0 Å². The van der Waals surface area contributed by atoms with Crippen LogP contribution in [0.5, 0.6) is 0 Å². The molecule has 5 rings (SSSR count). The molecular formula is C28H47NO2. The van der Waals surface area contributed by atoms with E-state index < -0.39 is 0 Å². The fourth-order valence-corrected chi connectivity index (χ4v) is 9.15. The van der Waals surface area contributed by atoms with Gasteiger partial charge in [0.05, 0.1) is 6.10 Å². The summed E-state index contributed by atoms with van der Waals surface area (Å²) < 4.78 is 6.98. The number of ether oxygens (including phenoxy) is 1. The molecule has 10 atom stereocenters. The standard InChI is InChI=1S/C28H47NO2/c1-18-9-14-28(29-17-18)20(3)25-24(31-28)16-22-8-6-7-21-15-23(30)11-13-26(21,4)19(2)10-12-27(22,25)5/h18-22,24-25,29H,6-17H2,1-5H3/t18-,19?,20-,21?,22?,24?,25?,26+,27-,28-/m0/s1. The zero-order valence-electron chi connectivity index (χ0n) is 20.8. The summed E-state index contributed by atoms with van der Waals surface area (Å²) in [5.41, 5.74) is 0.701. The molecule has 0 amide bonds. The number of piperidine rings is 1. The molecular weight excluding hydrogens is 382 g/mol. The molecule has 3 saturated carbocycles. The lowest BCUT2D eigenvalue weighted by Crippen LogP contribution is -2.55. The van der Waals surface area contributed by atoms with Crippen LogP contribution in [0.4, 0.5) is 0 Å². The van der Waals surface area contributed by atoms with E-state index in [1.54, 1.807) is 0 Å². The first-order valence-electron chi connectivity index (χ1n) is 13.6. The molecule has 0 aromatic heterocycles. The number of hydrogen-bond donors (Lipinski definition) is 1. The van der Waals surface area contributed by atoms with Gasteiger partial charge >= 0.3 is 0 Å². The van der Waals surface area contributed by atoms with E-state index in [1.165, 1.54) is 51.4 Å². The number of carbonyl (C=O) groups is 1. The van der Waals surface area contributed by atoms with Crippen LogP contribution in [0.1, 0.15) is 105 Å². The van der Waals surface area contributed by atoms with Gasteiger partial charge in [0.25, 0.3) is 0 Å². The highest BCUT2D eigenvalue weighted by Crippen LogP contribution is 2.64. The highest BCUT2D eigenvalue weighted by atomic mass is 16.5. The predicted octanol–water partition coefficient (Wildman–Crippen LogP) is 6.36. The molecule has 2 aliphatic heterocycles. The lowest BCUT2D eigenvalue weighted by atomic mass is 9.55. The van der Waals surface area contributed by atoms with Gasteiger partial charge in [0.2, 0.25) is 0 Å². The Bertz CT molecular complexity index is 697. The summed E-state index contributed by atoms with van der Waals surface area (Å²) in [5, 5.41) is 3.89. The van der Waals surface area contributed by atoms with Crippen molar-refractivity contribution in [1.29, 1.82) is 0 Å². The van der Waals surface area contributed by atoms with Crippen LogP contribution in [0.3, 0.4) is 0 Å². The van der Waals surface area contributed by atoms with E-state index in [2.05, 4.69) is 39.9 Å². The SMILES string of the molecule is CC1CC[C@@]2(C)C(CCCC3CC(=O)CC[C@]13C)CC1O[C@@]3(CC[C@H](C)CN3)[C@@H](C)C12. The number of hydrogen-bond acceptors (Lipinski definition) is 3. The van der Waals surface area contributed by atoms with Gasteiger partial charge in [-0.3, -0.25) is 10.1 Å². The second-order valence-corrected chi connectivity index (χ2v) is 13.1. The van der Waals surface area contributed by atoms with Crippen LogP contribution in [0, 0.1) is 46.3 Å². The third-order valence-corrected chi connectivity index (χ3v) is 11.7. The number of ketones is 1. The Morgan fingerprint density at radius 1 is 0.935 bits per heavy atom. The highest BCUT2D eigenvalue weighted by molar-refractivity contribution is 5.79. The van der Waals surface area contributed by atoms with Crippen molar-refractivity contribution in [3.05, 3.63) is 0 Å². The first-order valence-corrected chi connectivity index (χ1v) is 13.6. The average Bonchev–Trinajstić information content (AvgIpc) is 3.16. The molecule has 31 heavy (non-hydrogen) atoms. The maximum Gasteiger partial charge on any atom is 0.133 e. The van der Waals surface area contributed by atoms with Gasteiger partial charge in [0.1, 0.15) is 11.5 Å². The molecule has 2 heterocycles. The summed E-state index contributed by atoms with van der Waals surface area (Å²) >= 11 is 0. The maximum absolute atomic E-state index is 12.3. The van der Waals surface area contributed by atoms with E-state index in [1.807, 2.05) is 0 Å². The molecule has 0 aromatic rings. The summed E-state index contributed by atoms with van der Waals surface area (Å²) in [5.74, 6) is 4.71. The molecule has 0 bridgehead atoms. The van der Waals surface area contributed by atoms with E-state index >= 15 is 0 Å². The summed E-state index contributed by atoms with van der Waals surface area (Å²) in [6.07, 6.45) is 13.5. The monoisotopic (exact) mass is 429 g/mol. The Balaban J connectivity index is 1.38. The quantitative estimate of drug-likeness (QED) is 0.487. The number of rotatable bonds is 0. The van der Waals surface area contributed by atoms with Crippen LogP contribution < -0.4 is 5.32 Å². The second kappa shape index (κ2) is 7.83. The first-order chi connectivity index (χ1) is 14.7. The Labute approximate surface area is 190 Å². The van der Waals surface area contributed by atoms with Crippen LogP contribution in [-0.2, 0) is 9.53 Å². The minimum Gasteiger partial charge on any atom is -0.357 e. The minimum absolute atomic E-state index is 0.0580. The summed E-state index contributed by atoms with van der Waals surface area (Å²) in [7, 11) is 0. The van der Waals surface area contributed by atoms with Crippen molar-refractivity contribution in [1.82, 2.24) is 5.32 Å². The molecule has 176 valence electrons. The van der Waals surface area contributed by atoms with Crippen molar-refractivity contribution in [2.45, 2.75) is 117 Å². The Morgan fingerprint density at radius 2 is 1.71 bits per heavy atom. The molecule has 0 aromatic carbocycles. The summed E-state index contributed by atoms with van der Waals surface area (Å²) in [6, 6.07) is 0. The largest absolute Gasteiger partial charge is 0.357 e. The Morgan fingerprint density at radius 3 is 2.45 bits per heavy atom. The van der Waals surface area contributed by atoms with Crippen LogP contribution in [-0.4, -0.2) is 24.2 Å². The van der Waals surface area contributed by atoms with Crippen molar-refractivity contribution in [3.8, 4) is 0 Å². The number of nitrogens with one attached hydrogen (secondary N) is 1. The first kappa shape index (κ1) is 22.4. The van der Waals surface area contributed by atoms with Gasteiger partial charge in [-0.05, 0) is 91.8 Å². The molecule has 1 N–H and O–H groups in total. The van der Waals surface area contributed by atoms with Crippen LogP contribution >= 0.6 is 0 Å². The molecule has 2 saturated heterocycles. The van der Waals surface area contributed by atoms with Crippen LogP contribution in [0.15, 0.2) is 0 Å². The van der Waals surface area contributed by atoms with E-state index in [0.717, 1.165) is 37.6 Å². The second-order valence-electron chi connectivity index (χ2n) is 13.1. The van der Waals surface area contributed by atoms with Gasteiger partial charge in [0, 0.05) is 25.3 Å². The molecule has 1 spiro atoms. The van der Waals surface area contributed by atoms with Crippen molar-refractivity contribution in [2.75, 3.05) is 6.54 Å². The predicted molar refractivity (Wildman–Crippen MR) is 126 cm³/mol. The molecule has 3 aliphatic carbocycles. The molecule has 5 fully saturated rings. The fraction of sp³-hybridized carbons (Fsp3) is 0.964. The molecule has 3 nitrogen and oxygen atoms in total. The van der Waals surface area contributed by atoms with E-state index in [0.29, 0.717) is 46.4 Å². The number of fused-ring (bicyclic) bond motifs is 4. The molecule has 5 unspecified atom stereocenters. The number of Topliss-reactive ketones (excluding diaryl/α,β-unsaturated/α-hetero) is 1. The summed E-state index contributed by atoms with van der Waals surface area (Å²) in [4.78, 5) is 12.3. The molecule has 0 radical (unpaired) electrons.